The second-order valence-corrected chi connectivity index (χ2v) is 7.59. The molecular formula is C17H19N3O3S. The zero-order chi connectivity index (χ0) is 17.0. The molecule has 0 unspecified atom stereocenters. The van der Waals surface area contributed by atoms with E-state index in [1.54, 1.807) is 30.5 Å². The van der Waals surface area contributed by atoms with Gasteiger partial charge < -0.3 is 10.1 Å². The van der Waals surface area contributed by atoms with Crippen LogP contribution in [0.2, 0.25) is 0 Å². The Bertz CT molecular complexity index is 846. The first-order valence-electron chi connectivity index (χ1n) is 7.69. The fourth-order valence-corrected chi connectivity index (χ4v) is 3.01. The zero-order valence-corrected chi connectivity index (χ0v) is 14.2. The van der Waals surface area contributed by atoms with Crippen LogP contribution in [0.1, 0.15) is 17.5 Å². The second kappa shape index (κ2) is 7.00. The van der Waals surface area contributed by atoms with E-state index in [0.29, 0.717) is 17.4 Å². The van der Waals surface area contributed by atoms with Crippen LogP contribution >= 0.6 is 0 Å². The monoisotopic (exact) mass is 345 g/mol. The van der Waals surface area contributed by atoms with E-state index in [-0.39, 0.29) is 0 Å². The van der Waals surface area contributed by atoms with Gasteiger partial charge in [0.1, 0.15) is 12.4 Å². The van der Waals surface area contributed by atoms with E-state index in [1.165, 1.54) is 6.26 Å². The van der Waals surface area contributed by atoms with Gasteiger partial charge in [0.2, 0.25) is 5.88 Å². The summed E-state index contributed by atoms with van der Waals surface area (Å²) >= 11 is 0. The molecule has 0 spiro atoms. The summed E-state index contributed by atoms with van der Waals surface area (Å²) in [5.41, 5.74) is 1.71. The predicted molar refractivity (Wildman–Crippen MR) is 92.1 cm³/mol. The van der Waals surface area contributed by atoms with Crippen molar-refractivity contribution in [3.05, 3.63) is 53.7 Å². The number of benzene rings is 1. The third-order valence-corrected chi connectivity index (χ3v) is 4.78. The van der Waals surface area contributed by atoms with Gasteiger partial charge in [-0.3, -0.25) is 4.99 Å². The Morgan fingerprint density at radius 3 is 2.67 bits per heavy atom. The number of aromatic nitrogens is 1. The minimum absolute atomic E-state index is 0.297. The molecule has 3 rings (SSSR count). The third kappa shape index (κ3) is 3.91. The Hall–Kier alpha value is -2.41. The summed E-state index contributed by atoms with van der Waals surface area (Å²) in [7, 11) is -3.19. The number of ether oxygens (including phenoxy) is 1. The van der Waals surface area contributed by atoms with Gasteiger partial charge in [0.15, 0.2) is 9.84 Å². The van der Waals surface area contributed by atoms with Crippen LogP contribution in [0.15, 0.2) is 52.5 Å². The second-order valence-electron chi connectivity index (χ2n) is 5.57. The molecule has 1 aromatic carbocycles. The quantitative estimate of drug-likeness (QED) is 0.894. The van der Waals surface area contributed by atoms with Crippen molar-refractivity contribution in [2.75, 3.05) is 19.3 Å². The average Bonchev–Trinajstić information content (AvgIpc) is 2.60. The number of nitrogens with one attached hydrogen (secondary N) is 1. The van der Waals surface area contributed by atoms with Crippen molar-refractivity contribution in [3.8, 4) is 5.88 Å². The van der Waals surface area contributed by atoms with E-state index in [0.717, 1.165) is 36.5 Å². The van der Waals surface area contributed by atoms with Gasteiger partial charge in [0, 0.05) is 25.5 Å². The molecular weight excluding hydrogens is 326 g/mol. The minimum Gasteiger partial charge on any atom is -0.472 e. The van der Waals surface area contributed by atoms with Gasteiger partial charge in [-0.15, -0.1) is 0 Å². The number of nitrogens with zero attached hydrogens (tertiary/aromatic N) is 2. The van der Waals surface area contributed by atoms with Crippen LogP contribution in [0.4, 0.5) is 0 Å². The summed E-state index contributed by atoms with van der Waals surface area (Å²) in [5.74, 6) is 1.31. The number of aliphatic imine (C=N–C) groups is 1. The van der Waals surface area contributed by atoms with Crippen LogP contribution in [0.25, 0.3) is 0 Å². The highest BCUT2D eigenvalue weighted by Crippen LogP contribution is 2.18. The molecule has 1 aromatic heterocycles. The molecule has 0 radical (unpaired) electrons. The molecule has 1 aliphatic rings. The fraction of sp³-hybridized carbons (Fsp3) is 0.294. The topological polar surface area (TPSA) is 80.7 Å². The van der Waals surface area contributed by atoms with Crippen LogP contribution in [0.3, 0.4) is 0 Å². The lowest BCUT2D eigenvalue weighted by molar-refractivity contribution is 0.293. The molecule has 1 aliphatic heterocycles. The van der Waals surface area contributed by atoms with Crippen molar-refractivity contribution >= 4 is 15.7 Å². The van der Waals surface area contributed by atoms with E-state index in [9.17, 15) is 8.42 Å². The first kappa shape index (κ1) is 16.4. The predicted octanol–water partition coefficient (Wildman–Crippen LogP) is 1.80. The van der Waals surface area contributed by atoms with E-state index >= 15 is 0 Å². The normalized spacial score (nSPS) is 14.6. The molecule has 0 bridgehead atoms. The van der Waals surface area contributed by atoms with Gasteiger partial charge in [0.25, 0.3) is 0 Å². The summed E-state index contributed by atoms with van der Waals surface area (Å²) < 4.78 is 28.8. The van der Waals surface area contributed by atoms with E-state index in [4.69, 9.17) is 4.74 Å². The molecule has 0 fully saturated rings. The maximum absolute atomic E-state index is 11.5. The molecule has 7 heteroatoms. The zero-order valence-electron chi connectivity index (χ0n) is 13.4. The number of pyridine rings is 1. The number of rotatable bonds is 5. The number of hydrogen-bond donors (Lipinski definition) is 1. The SMILES string of the molecule is CS(=O)(=O)c1ccc(COc2ncccc2C2=NCCCN2)cc1. The van der Waals surface area contributed by atoms with Crippen molar-refractivity contribution in [3.63, 3.8) is 0 Å². The Morgan fingerprint density at radius 1 is 1.21 bits per heavy atom. The van der Waals surface area contributed by atoms with Crippen LogP contribution in [-0.2, 0) is 16.4 Å². The fourth-order valence-electron chi connectivity index (χ4n) is 2.38. The summed E-state index contributed by atoms with van der Waals surface area (Å²) in [6.45, 7) is 1.99. The summed E-state index contributed by atoms with van der Waals surface area (Å²) in [5, 5.41) is 3.26. The first-order chi connectivity index (χ1) is 11.5. The summed E-state index contributed by atoms with van der Waals surface area (Å²) in [6.07, 6.45) is 3.89. The summed E-state index contributed by atoms with van der Waals surface area (Å²) in [4.78, 5) is 9.06. The van der Waals surface area contributed by atoms with Crippen LogP contribution in [-0.4, -0.2) is 38.6 Å². The van der Waals surface area contributed by atoms with Gasteiger partial charge in [-0.05, 0) is 36.2 Å². The highest BCUT2D eigenvalue weighted by Gasteiger charge is 2.14. The molecule has 1 N–H and O–H groups in total. The molecule has 6 nitrogen and oxygen atoms in total. The van der Waals surface area contributed by atoms with Gasteiger partial charge in [0.05, 0.1) is 10.5 Å². The van der Waals surface area contributed by atoms with Crippen molar-refractivity contribution in [2.24, 2.45) is 4.99 Å². The van der Waals surface area contributed by atoms with Crippen molar-refractivity contribution in [1.82, 2.24) is 10.3 Å². The smallest absolute Gasteiger partial charge is 0.224 e. The van der Waals surface area contributed by atoms with Gasteiger partial charge in [-0.25, -0.2) is 13.4 Å². The Labute approximate surface area is 141 Å². The molecule has 24 heavy (non-hydrogen) atoms. The van der Waals surface area contributed by atoms with Crippen molar-refractivity contribution in [2.45, 2.75) is 17.9 Å². The van der Waals surface area contributed by atoms with Crippen molar-refractivity contribution in [1.29, 1.82) is 0 Å². The standard InChI is InChI=1S/C17H19N3O3S/c1-24(21,22)14-7-5-13(6-8-14)12-23-17-15(4-2-9-20-17)16-18-10-3-11-19-16/h2,4-9H,3,10-12H2,1H3,(H,18,19). The van der Waals surface area contributed by atoms with E-state index < -0.39 is 9.84 Å². The molecule has 126 valence electrons. The van der Waals surface area contributed by atoms with Crippen LogP contribution in [0, 0.1) is 0 Å². The minimum atomic E-state index is -3.19. The van der Waals surface area contributed by atoms with Gasteiger partial charge in [-0.1, -0.05) is 12.1 Å². The molecule has 0 saturated heterocycles. The Kier molecular flexibility index (Phi) is 4.80. The maximum atomic E-state index is 11.5. The lowest BCUT2D eigenvalue weighted by Gasteiger charge is -2.17. The average molecular weight is 345 g/mol. The molecule has 0 atom stereocenters. The van der Waals surface area contributed by atoms with Crippen molar-refractivity contribution < 1.29 is 13.2 Å². The Balaban J connectivity index is 1.74. The third-order valence-electron chi connectivity index (χ3n) is 3.65. The Morgan fingerprint density at radius 2 is 2.00 bits per heavy atom. The van der Waals surface area contributed by atoms with Crippen LogP contribution < -0.4 is 10.1 Å². The molecule has 0 aliphatic carbocycles. The number of sulfone groups is 1. The highest BCUT2D eigenvalue weighted by atomic mass is 32.2. The number of amidine groups is 1. The van der Waals surface area contributed by atoms with Gasteiger partial charge >= 0.3 is 0 Å². The molecule has 0 saturated carbocycles. The number of hydrogen-bond acceptors (Lipinski definition) is 6. The van der Waals surface area contributed by atoms with Gasteiger partial charge in [-0.2, -0.15) is 0 Å². The van der Waals surface area contributed by atoms with E-state index in [1.807, 2.05) is 12.1 Å². The molecule has 0 amide bonds. The van der Waals surface area contributed by atoms with Crippen LogP contribution in [0.5, 0.6) is 5.88 Å². The lowest BCUT2D eigenvalue weighted by Crippen LogP contribution is -2.30. The first-order valence-corrected chi connectivity index (χ1v) is 9.59. The van der Waals surface area contributed by atoms with E-state index in [2.05, 4.69) is 15.3 Å². The molecule has 2 heterocycles. The largest absolute Gasteiger partial charge is 0.472 e. The highest BCUT2D eigenvalue weighted by molar-refractivity contribution is 7.90. The maximum Gasteiger partial charge on any atom is 0.224 e. The summed E-state index contributed by atoms with van der Waals surface area (Å²) in [6, 6.07) is 10.4. The lowest BCUT2D eigenvalue weighted by atomic mass is 10.2. The molecule has 2 aromatic rings.